The molecule has 0 atom stereocenters. The molecule has 0 rings (SSSR count). The van der Waals surface area contributed by atoms with E-state index in [0.717, 1.165) is 26.2 Å². The quantitative estimate of drug-likeness (QED) is 0.567. The van der Waals surface area contributed by atoms with E-state index in [1.54, 1.807) is 0 Å². The van der Waals surface area contributed by atoms with Crippen LogP contribution in [-0.2, 0) is 0 Å². The van der Waals surface area contributed by atoms with Crippen molar-refractivity contribution < 1.29 is 45.5 Å². The van der Waals surface area contributed by atoms with Crippen molar-refractivity contribution in [3.63, 3.8) is 0 Å². The van der Waals surface area contributed by atoms with Crippen molar-refractivity contribution in [3.05, 3.63) is 10.6 Å². The molecule has 0 amide bonds. The SMILES string of the molecule is CCC[N-]CCC.CCC[N-]CCC.F.[Nd]. The summed E-state index contributed by atoms with van der Waals surface area (Å²) in [6.07, 6.45) is 4.78. The fraction of sp³-hybridized carbons (Fsp3) is 1.00. The van der Waals surface area contributed by atoms with Gasteiger partial charge in [0.15, 0.2) is 0 Å². The van der Waals surface area contributed by atoms with Crippen molar-refractivity contribution >= 4 is 0 Å². The van der Waals surface area contributed by atoms with Gasteiger partial charge in [-0.05, 0) is 0 Å². The van der Waals surface area contributed by atoms with Gasteiger partial charge in [0, 0.05) is 40.8 Å². The zero-order valence-electron chi connectivity index (χ0n) is 11.5. The van der Waals surface area contributed by atoms with E-state index in [-0.39, 0.29) is 45.5 Å². The van der Waals surface area contributed by atoms with E-state index in [4.69, 9.17) is 0 Å². The number of nitrogens with zero attached hydrogens (tertiary/aromatic N) is 2. The molecule has 0 radical (unpaired) electrons. The summed E-state index contributed by atoms with van der Waals surface area (Å²) in [5.41, 5.74) is 0. The van der Waals surface area contributed by atoms with Gasteiger partial charge < -0.3 is 10.6 Å². The third kappa shape index (κ3) is 36.2. The summed E-state index contributed by atoms with van der Waals surface area (Å²) in [5, 5.41) is 8.42. The molecule has 0 aromatic heterocycles. The molecule has 0 spiro atoms. The summed E-state index contributed by atoms with van der Waals surface area (Å²) < 4.78 is 0. The second kappa shape index (κ2) is 29.8. The number of hydrogen-bond donors (Lipinski definition) is 0. The maximum atomic E-state index is 4.21. The Morgan fingerprint density at radius 1 is 0.562 bits per heavy atom. The molecule has 0 N–H and O–H groups in total. The zero-order valence-corrected chi connectivity index (χ0v) is 14.7. The summed E-state index contributed by atoms with van der Waals surface area (Å²) in [6.45, 7) is 12.8. The summed E-state index contributed by atoms with van der Waals surface area (Å²) in [6, 6.07) is 0. The van der Waals surface area contributed by atoms with Crippen LogP contribution in [-0.4, -0.2) is 26.2 Å². The summed E-state index contributed by atoms with van der Waals surface area (Å²) in [4.78, 5) is 0. The van der Waals surface area contributed by atoms with Gasteiger partial charge >= 0.3 is 0 Å². The monoisotopic (exact) mass is 362 g/mol. The fourth-order valence-corrected chi connectivity index (χ4v) is 0.856. The van der Waals surface area contributed by atoms with E-state index in [1.165, 1.54) is 25.7 Å². The van der Waals surface area contributed by atoms with Gasteiger partial charge in [-0.15, -0.1) is 26.2 Å². The second-order valence-electron chi connectivity index (χ2n) is 3.34. The Balaban J connectivity index is -0.0000000800. The van der Waals surface area contributed by atoms with Crippen molar-refractivity contribution in [2.45, 2.75) is 53.4 Å². The van der Waals surface area contributed by atoms with Gasteiger partial charge in [-0.25, -0.2) is 0 Å². The predicted octanol–water partition coefficient (Wildman–Crippen LogP) is 4.51. The van der Waals surface area contributed by atoms with Crippen LogP contribution in [0.4, 0.5) is 4.70 Å². The van der Waals surface area contributed by atoms with Crippen LogP contribution in [0.5, 0.6) is 0 Å². The normalized spacial score (nSPS) is 8.25. The summed E-state index contributed by atoms with van der Waals surface area (Å²) in [5.74, 6) is 0. The largest absolute Gasteiger partial charge is 0.662 e. The molecule has 100 valence electrons. The molecule has 0 aromatic carbocycles. The van der Waals surface area contributed by atoms with E-state index >= 15 is 0 Å². The van der Waals surface area contributed by atoms with Crippen molar-refractivity contribution in [2.24, 2.45) is 0 Å². The molecule has 0 aliphatic carbocycles. The number of hydrogen-bond acceptors (Lipinski definition) is 0. The van der Waals surface area contributed by atoms with Gasteiger partial charge in [-0.3, -0.25) is 4.70 Å². The van der Waals surface area contributed by atoms with E-state index in [1.807, 2.05) is 0 Å². The molecule has 0 unspecified atom stereocenters. The maximum Gasteiger partial charge on any atom is 0 e. The second-order valence-corrected chi connectivity index (χ2v) is 3.34. The summed E-state index contributed by atoms with van der Waals surface area (Å²) >= 11 is 0. The van der Waals surface area contributed by atoms with Crippen LogP contribution in [0.2, 0.25) is 0 Å². The molecule has 0 heterocycles. The fourth-order valence-electron chi connectivity index (χ4n) is 0.856. The first-order valence-electron chi connectivity index (χ1n) is 6.09. The first-order chi connectivity index (χ1) is 6.83. The number of halogens is 1. The summed E-state index contributed by atoms with van der Waals surface area (Å²) in [7, 11) is 0. The molecule has 0 aromatic rings. The topological polar surface area (TPSA) is 28.2 Å². The molecule has 0 saturated carbocycles. The molecule has 2 nitrogen and oxygen atoms in total. The minimum absolute atomic E-state index is 0. The predicted molar refractivity (Wildman–Crippen MR) is 69.9 cm³/mol. The third-order valence-electron chi connectivity index (χ3n) is 1.53. The Bertz CT molecular complexity index is 67.4. The maximum absolute atomic E-state index is 4.21. The average Bonchev–Trinajstić information content (AvgIpc) is 2.21. The number of rotatable bonds is 8. The Hall–Kier alpha value is 1.20. The van der Waals surface area contributed by atoms with Crippen LogP contribution >= 0.6 is 0 Å². The Labute approximate surface area is 135 Å². The standard InChI is InChI=1S/2C6H14N.FH.Nd/c2*1-3-5-7-6-4-2;;/h2*3-6H2,1-2H3;1H;/q2*-1;;. The molecular formula is C12H29FN2Nd-2. The van der Waals surface area contributed by atoms with Crippen LogP contribution in [0.25, 0.3) is 10.6 Å². The van der Waals surface area contributed by atoms with Crippen molar-refractivity contribution in [1.82, 2.24) is 0 Å². The van der Waals surface area contributed by atoms with Gasteiger partial charge in [0.05, 0.1) is 0 Å². The van der Waals surface area contributed by atoms with Crippen LogP contribution < -0.4 is 0 Å². The van der Waals surface area contributed by atoms with Crippen LogP contribution in [0.3, 0.4) is 0 Å². The molecule has 4 heteroatoms. The van der Waals surface area contributed by atoms with E-state index < -0.39 is 0 Å². The Morgan fingerprint density at radius 3 is 0.875 bits per heavy atom. The first-order valence-corrected chi connectivity index (χ1v) is 6.09. The van der Waals surface area contributed by atoms with Crippen molar-refractivity contribution in [2.75, 3.05) is 26.2 Å². The molecular weight excluding hydrogens is 335 g/mol. The van der Waals surface area contributed by atoms with Gasteiger partial charge in [-0.1, -0.05) is 53.4 Å². The van der Waals surface area contributed by atoms with Crippen LogP contribution in [0.15, 0.2) is 0 Å². The van der Waals surface area contributed by atoms with Crippen LogP contribution in [0, 0.1) is 40.8 Å². The molecule has 0 aliphatic heterocycles. The van der Waals surface area contributed by atoms with E-state index in [2.05, 4.69) is 38.3 Å². The van der Waals surface area contributed by atoms with E-state index in [9.17, 15) is 0 Å². The average molecular weight is 365 g/mol. The van der Waals surface area contributed by atoms with Gasteiger partial charge in [-0.2, -0.15) is 0 Å². The van der Waals surface area contributed by atoms with Crippen LogP contribution in [0.1, 0.15) is 53.4 Å². The first kappa shape index (κ1) is 25.9. The van der Waals surface area contributed by atoms with Crippen molar-refractivity contribution in [3.8, 4) is 0 Å². The molecule has 0 aliphatic rings. The van der Waals surface area contributed by atoms with E-state index in [0.29, 0.717) is 0 Å². The molecule has 0 fully saturated rings. The molecule has 0 saturated heterocycles. The van der Waals surface area contributed by atoms with Gasteiger partial charge in [0.2, 0.25) is 0 Å². The molecule has 16 heavy (non-hydrogen) atoms. The Kier molecular flexibility index (Phi) is 48.3. The van der Waals surface area contributed by atoms with Crippen molar-refractivity contribution in [1.29, 1.82) is 0 Å². The Morgan fingerprint density at radius 2 is 0.750 bits per heavy atom. The minimum Gasteiger partial charge on any atom is -0.662 e. The minimum atomic E-state index is 0. The molecule has 0 bridgehead atoms. The van der Waals surface area contributed by atoms with Gasteiger partial charge in [0.1, 0.15) is 0 Å². The van der Waals surface area contributed by atoms with Gasteiger partial charge in [0.25, 0.3) is 0 Å². The third-order valence-corrected chi connectivity index (χ3v) is 1.53. The zero-order chi connectivity index (χ0) is 11.1. The smallest absolute Gasteiger partial charge is 0 e.